The van der Waals surface area contributed by atoms with Crippen LogP contribution in [0.1, 0.15) is 37.0 Å². The first-order valence-electron chi connectivity index (χ1n) is 7.45. The van der Waals surface area contributed by atoms with Crippen molar-refractivity contribution in [3.8, 4) is 5.75 Å². The van der Waals surface area contributed by atoms with Crippen molar-refractivity contribution < 1.29 is 4.74 Å². The molecule has 3 nitrogen and oxygen atoms in total. The summed E-state index contributed by atoms with van der Waals surface area (Å²) in [7, 11) is 1.74. The molecule has 0 radical (unpaired) electrons. The van der Waals surface area contributed by atoms with E-state index in [0.29, 0.717) is 6.04 Å². The molecule has 1 fully saturated rings. The van der Waals surface area contributed by atoms with Gasteiger partial charge in [0.2, 0.25) is 0 Å². The molecule has 112 valence electrons. The average molecular weight is 276 g/mol. The fourth-order valence-electron chi connectivity index (χ4n) is 3.33. The van der Waals surface area contributed by atoms with Gasteiger partial charge in [-0.1, -0.05) is 26.0 Å². The Morgan fingerprint density at radius 3 is 2.40 bits per heavy atom. The van der Waals surface area contributed by atoms with Gasteiger partial charge < -0.3 is 10.5 Å². The molecule has 0 aliphatic carbocycles. The molecule has 1 aromatic rings. The maximum atomic E-state index is 6.21. The summed E-state index contributed by atoms with van der Waals surface area (Å²) in [5, 5.41) is 0. The molecular formula is C17H28N2O. The van der Waals surface area contributed by atoms with Gasteiger partial charge in [0.05, 0.1) is 7.11 Å². The number of piperidine rings is 1. The number of rotatable bonds is 3. The zero-order chi connectivity index (χ0) is 14.9. The summed E-state index contributed by atoms with van der Waals surface area (Å²) in [6, 6.07) is 4.80. The van der Waals surface area contributed by atoms with Gasteiger partial charge in [0.25, 0.3) is 0 Å². The Kier molecular flexibility index (Phi) is 4.40. The number of hydrogen-bond donors (Lipinski definition) is 1. The lowest BCUT2D eigenvalue weighted by Crippen LogP contribution is -2.52. The Morgan fingerprint density at radius 2 is 1.90 bits per heavy atom. The van der Waals surface area contributed by atoms with Crippen molar-refractivity contribution in [2.45, 2.75) is 46.7 Å². The van der Waals surface area contributed by atoms with E-state index in [9.17, 15) is 0 Å². The van der Waals surface area contributed by atoms with Crippen molar-refractivity contribution in [3.63, 3.8) is 0 Å². The molecule has 0 aromatic heterocycles. The Balaban J connectivity index is 2.11. The minimum absolute atomic E-state index is 0.203. The van der Waals surface area contributed by atoms with E-state index >= 15 is 0 Å². The predicted octanol–water partition coefficient (Wildman–Crippen LogP) is 2.87. The highest BCUT2D eigenvalue weighted by atomic mass is 16.5. The first kappa shape index (κ1) is 15.3. The van der Waals surface area contributed by atoms with Crippen LogP contribution < -0.4 is 10.5 Å². The molecule has 1 heterocycles. The lowest BCUT2D eigenvalue weighted by atomic mass is 9.79. The van der Waals surface area contributed by atoms with Gasteiger partial charge in [-0.25, -0.2) is 0 Å². The maximum Gasteiger partial charge on any atom is 0.124 e. The van der Waals surface area contributed by atoms with Crippen LogP contribution in [0.15, 0.2) is 12.1 Å². The van der Waals surface area contributed by atoms with Crippen LogP contribution in [0.3, 0.4) is 0 Å². The number of methoxy groups -OCH3 is 1. The van der Waals surface area contributed by atoms with Gasteiger partial charge in [-0.3, -0.25) is 4.90 Å². The first-order valence-corrected chi connectivity index (χ1v) is 7.45. The van der Waals surface area contributed by atoms with E-state index in [1.807, 2.05) is 0 Å². The van der Waals surface area contributed by atoms with Crippen molar-refractivity contribution >= 4 is 0 Å². The average Bonchev–Trinajstić information content (AvgIpc) is 2.33. The molecule has 0 spiro atoms. The fourth-order valence-corrected chi connectivity index (χ4v) is 3.33. The molecule has 20 heavy (non-hydrogen) atoms. The predicted molar refractivity (Wildman–Crippen MR) is 84.1 cm³/mol. The summed E-state index contributed by atoms with van der Waals surface area (Å²) >= 11 is 0. The molecule has 1 aromatic carbocycles. The van der Waals surface area contributed by atoms with Crippen molar-refractivity contribution in [3.05, 3.63) is 28.8 Å². The van der Waals surface area contributed by atoms with Crippen molar-refractivity contribution in [1.82, 2.24) is 4.90 Å². The lowest BCUT2D eigenvalue weighted by molar-refractivity contribution is 0.0898. The molecule has 1 aliphatic heterocycles. The van der Waals surface area contributed by atoms with Crippen molar-refractivity contribution in [2.75, 3.05) is 20.2 Å². The third-order valence-corrected chi connectivity index (χ3v) is 4.52. The smallest absolute Gasteiger partial charge is 0.124 e. The maximum absolute atomic E-state index is 6.21. The van der Waals surface area contributed by atoms with E-state index in [2.05, 4.69) is 44.7 Å². The van der Waals surface area contributed by atoms with Crippen molar-refractivity contribution in [2.24, 2.45) is 11.1 Å². The molecule has 0 amide bonds. The summed E-state index contributed by atoms with van der Waals surface area (Å²) in [6.45, 7) is 11.9. The second kappa shape index (κ2) is 5.74. The van der Waals surface area contributed by atoms with Gasteiger partial charge in [0, 0.05) is 25.7 Å². The number of likely N-dealkylation sites (tertiary alicyclic amines) is 1. The van der Waals surface area contributed by atoms with Crippen LogP contribution in [0.2, 0.25) is 0 Å². The molecule has 1 saturated heterocycles. The van der Waals surface area contributed by atoms with Crippen LogP contribution in [0.25, 0.3) is 0 Å². The summed E-state index contributed by atoms with van der Waals surface area (Å²) < 4.78 is 5.44. The van der Waals surface area contributed by atoms with E-state index in [-0.39, 0.29) is 5.41 Å². The van der Waals surface area contributed by atoms with Gasteiger partial charge in [-0.05, 0) is 42.4 Å². The highest BCUT2D eigenvalue weighted by Crippen LogP contribution is 2.30. The third kappa shape index (κ3) is 3.15. The molecule has 0 bridgehead atoms. The number of ether oxygens (including phenoxy) is 1. The van der Waals surface area contributed by atoms with Gasteiger partial charge in [0.15, 0.2) is 0 Å². The number of nitrogens with two attached hydrogens (primary N) is 1. The van der Waals surface area contributed by atoms with Crippen LogP contribution >= 0.6 is 0 Å². The Hall–Kier alpha value is -1.06. The molecule has 1 unspecified atom stereocenters. The molecule has 2 N–H and O–H groups in total. The van der Waals surface area contributed by atoms with Crippen LogP contribution in [-0.4, -0.2) is 31.1 Å². The normalized spacial score (nSPS) is 22.8. The second-order valence-corrected chi connectivity index (χ2v) is 6.86. The van der Waals surface area contributed by atoms with Gasteiger partial charge in [-0.2, -0.15) is 0 Å². The minimum atomic E-state index is 0.203. The molecule has 1 atom stereocenters. The highest BCUT2D eigenvalue weighted by molar-refractivity contribution is 5.43. The quantitative estimate of drug-likeness (QED) is 0.922. The Morgan fingerprint density at radius 1 is 1.30 bits per heavy atom. The number of aryl methyl sites for hydroxylation is 2. The molecule has 0 saturated carbocycles. The van der Waals surface area contributed by atoms with Gasteiger partial charge in [0.1, 0.15) is 5.75 Å². The molecule has 3 heteroatoms. The summed E-state index contributed by atoms with van der Waals surface area (Å²) in [5.41, 5.74) is 10.2. The van der Waals surface area contributed by atoms with Crippen LogP contribution in [0, 0.1) is 19.3 Å². The van der Waals surface area contributed by atoms with E-state index in [0.717, 1.165) is 31.8 Å². The second-order valence-electron chi connectivity index (χ2n) is 6.86. The Bertz CT molecular complexity index is 459. The number of hydrogen-bond acceptors (Lipinski definition) is 3. The summed E-state index contributed by atoms with van der Waals surface area (Å²) in [6.07, 6.45) is 1.08. The van der Waals surface area contributed by atoms with Crippen LogP contribution in [0.5, 0.6) is 5.75 Å². The molecule has 2 rings (SSSR count). The lowest BCUT2D eigenvalue weighted by Gasteiger charge is -2.42. The SMILES string of the molecule is COc1c(C)cc(CN2CCC(N)C(C)(C)C2)cc1C. The van der Waals surface area contributed by atoms with Gasteiger partial charge in [-0.15, -0.1) is 0 Å². The highest BCUT2D eigenvalue weighted by Gasteiger charge is 2.33. The monoisotopic (exact) mass is 276 g/mol. The fraction of sp³-hybridized carbons (Fsp3) is 0.647. The largest absolute Gasteiger partial charge is 0.496 e. The molecule has 1 aliphatic rings. The summed E-state index contributed by atoms with van der Waals surface area (Å²) in [4.78, 5) is 2.52. The van der Waals surface area contributed by atoms with E-state index in [1.165, 1.54) is 16.7 Å². The number of benzene rings is 1. The van der Waals surface area contributed by atoms with Crippen LogP contribution in [0.4, 0.5) is 0 Å². The van der Waals surface area contributed by atoms with E-state index in [1.54, 1.807) is 7.11 Å². The Labute approximate surface area is 123 Å². The standard InChI is InChI=1S/C17H28N2O/c1-12-8-14(9-13(2)16(12)20-5)10-19-7-6-15(18)17(3,4)11-19/h8-9,15H,6-7,10-11,18H2,1-5H3. The van der Waals surface area contributed by atoms with Gasteiger partial charge >= 0.3 is 0 Å². The van der Waals surface area contributed by atoms with E-state index in [4.69, 9.17) is 10.5 Å². The topological polar surface area (TPSA) is 38.5 Å². The third-order valence-electron chi connectivity index (χ3n) is 4.52. The zero-order valence-corrected chi connectivity index (χ0v) is 13.5. The zero-order valence-electron chi connectivity index (χ0n) is 13.5. The van der Waals surface area contributed by atoms with E-state index < -0.39 is 0 Å². The summed E-state index contributed by atoms with van der Waals surface area (Å²) in [5.74, 6) is 1.01. The minimum Gasteiger partial charge on any atom is -0.496 e. The van der Waals surface area contributed by atoms with Crippen LogP contribution in [-0.2, 0) is 6.54 Å². The number of nitrogens with zero attached hydrogens (tertiary/aromatic N) is 1. The first-order chi connectivity index (χ1) is 9.33. The van der Waals surface area contributed by atoms with Crippen molar-refractivity contribution in [1.29, 1.82) is 0 Å². The molecular weight excluding hydrogens is 248 g/mol.